The first-order chi connectivity index (χ1) is 12.6. The molecule has 2 aromatic rings. The number of alkyl halides is 3. The number of rotatable bonds is 4. The molecule has 0 aromatic heterocycles. The number of nitrogens with one attached hydrogen (secondary N) is 1. The fourth-order valence-electron chi connectivity index (χ4n) is 2.23. The molecule has 27 heavy (non-hydrogen) atoms. The molecular formula is C18H13ClF3N3O2. The highest BCUT2D eigenvalue weighted by molar-refractivity contribution is 6.34. The predicted octanol–water partition coefficient (Wildman–Crippen LogP) is 4.22. The van der Waals surface area contributed by atoms with Crippen molar-refractivity contribution in [1.82, 2.24) is 0 Å². The highest BCUT2D eigenvalue weighted by Crippen LogP contribution is 2.35. The van der Waals surface area contributed by atoms with Crippen LogP contribution < -0.4 is 10.2 Å². The van der Waals surface area contributed by atoms with Crippen LogP contribution >= 0.6 is 11.6 Å². The molecule has 0 aliphatic carbocycles. The van der Waals surface area contributed by atoms with E-state index in [0.29, 0.717) is 11.3 Å². The van der Waals surface area contributed by atoms with E-state index >= 15 is 0 Å². The molecule has 0 heterocycles. The molecule has 2 amide bonds. The maximum Gasteiger partial charge on any atom is 0.416 e. The zero-order valence-corrected chi connectivity index (χ0v) is 14.7. The standard InChI is InChI=1S/C18H13ClF3N3O2/c1-11(26)25(16-8-13(18(20,21)22)4-7-15(16)19)10-17(27)24-14-5-2-12(9-23)3-6-14/h2-8H,10H2,1H3,(H,24,27). The molecule has 0 aliphatic heterocycles. The van der Waals surface area contributed by atoms with Crippen molar-refractivity contribution < 1.29 is 22.8 Å². The first-order valence-electron chi connectivity index (χ1n) is 7.56. The predicted molar refractivity (Wildman–Crippen MR) is 94.3 cm³/mol. The summed E-state index contributed by atoms with van der Waals surface area (Å²) in [5.74, 6) is -1.28. The van der Waals surface area contributed by atoms with E-state index in [9.17, 15) is 22.8 Å². The normalized spacial score (nSPS) is 10.8. The number of carbonyl (C=O) groups excluding carboxylic acids is 2. The van der Waals surface area contributed by atoms with Gasteiger partial charge in [0.25, 0.3) is 0 Å². The quantitative estimate of drug-likeness (QED) is 0.842. The number of hydrogen-bond acceptors (Lipinski definition) is 3. The van der Waals surface area contributed by atoms with Gasteiger partial charge in [0.2, 0.25) is 11.8 Å². The average molecular weight is 396 g/mol. The fraction of sp³-hybridized carbons (Fsp3) is 0.167. The molecule has 0 radical (unpaired) electrons. The lowest BCUT2D eigenvalue weighted by Crippen LogP contribution is -2.37. The Kier molecular flexibility index (Phi) is 6.08. The number of nitrogens with zero attached hydrogens (tertiary/aromatic N) is 2. The molecule has 0 saturated carbocycles. The summed E-state index contributed by atoms with van der Waals surface area (Å²) in [6.45, 7) is 0.585. The van der Waals surface area contributed by atoms with E-state index in [1.165, 1.54) is 24.3 Å². The molecule has 0 bridgehead atoms. The van der Waals surface area contributed by atoms with Crippen LogP contribution in [0.2, 0.25) is 5.02 Å². The number of nitriles is 1. The Balaban J connectivity index is 2.24. The Morgan fingerprint density at radius 2 is 1.81 bits per heavy atom. The van der Waals surface area contributed by atoms with Gasteiger partial charge in [0.05, 0.1) is 27.9 Å². The van der Waals surface area contributed by atoms with Crippen molar-refractivity contribution in [2.24, 2.45) is 0 Å². The van der Waals surface area contributed by atoms with Gasteiger partial charge in [0, 0.05) is 12.6 Å². The van der Waals surface area contributed by atoms with Crippen LogP contribution in [-0.4, -0.2) is 18.4 Å². The molecule has 0 atom stereocenters. The fourth-order valence-corrected chi connectivity index (χ4v) is 2.45. The van der Waals surface area contributed by atoms with Crippen LogP contribution in [0.3, 0.4) is 0 Å². The van der Waals surface area contributed by atoms with Gasteiger partial charge in [-0.25, -0.2) is 0 Å². The number of benzene rings is 2. The minimum Gasteiger partial charge on any atom is -0.325 e. The minimum absolute atomic E-state index is 0.0932. The summed E-state index contributed by atoms with van der Waals surface area (Å²) < 4.78 is 38.8. The lowest BCUT2D eigenvalue weighted by Gasteiger charge is -2.23. The Hall–Kier alpha value is -3.05. The Labute approximate surface area is 158 Å². The van der Waals surface area contributed by atoms with Crippen molar-refractivity contribution in [1.29, 1.82) is 5.26 Å². The molecule has 1 N–H and O–H groups in total. The molecule has 0 fully saturated rings. The van der Waals surface area contributed by atoms with Gasteiger partial charge < -0.3 is 10.2 Å². The smallest absolute Gasteiger partial charge is 0.325 e. The van der Waals surface area contributed by atoms with Crippen LogP contribution in [0.1, 0.15) is 18.1 Å². The van der Waals surface area contributed by atoms with Gasteiger partial charge in [-0.1, -0.05) is 11.6 Å². The van der Waals surface area contributed by atoms with Crippen molar-refractivity contribution in [3.05, 3.63) is 58.6 Å². The minimum atomic E-state index is -4.62. The van der Waals surface area contributed by atoms with Gasteiger partial charge >= 0.3 is 6.18 Å². The van der Waals surface area contributed by atoms with E-state index < -0.39 is 30.1 Å². The van der Waals surface area contributed by atoms with Gasteiger partial charge in [0.15, 0.2) is 0 Å². The summed E-state index contributed by atoms with van der Waals surface area (Å²) >= 11 is 5.94. The van der Waals surface area contributed by atoms with Crippen LogP contribution in [0.5, 0.6) is 0 Å². The molecule has 0 unspecified atom stereocenters. The number of hydrogen-bond donors (Lipinski definition) is 1. The van der Waals surface area contributed by atoms with E-state index in [2.05, 4.69) is 5.32 Å². The third kappa shape index (κ3) is 5.21. The van der Waals surface area contributed by atoms with Gasteiger partial charge in [-0.05, 0) is 42.5 Å². The first-order valence-corrected chi connectivity index (χ1v) is 7.94. The topological polar surface area (TPSA) is 73.2 Å². The second-order valence-electron chi connectivity index (χ2n) is 5.51. The second kappa shape index (κ2) is 8.10. The van der Waals surface area contributed by atoms with Crippen LogP contribution in [0.15, 0.2) is 42.5 Å². The molecule has 2 rings (SSSR count). The third-order valence-corrected chi connectivity index (χ3v) is 3.86. The third-order valence-electron chi connectivity index (χ3n) is 3.54. The highest BCUT2D eigenvalue weighted by Gasteiger charge is 2.32. The number of amides is 2. The summed E-state index contributed by atoms with van der Waals surface area (Å²) in [5, 5.41) is 11.2. The Morgan fingerprint density at radius 3 is 2.33 bits per heavy atom. The molecule has 5 nitrogen and oxygen atoms in total. The van der Waals surface area contributed by atoms with Crippen LogP contribution in [0.25, 0.3) is 0 Å². The summed E-state index contributed by atoms with van der Waals surface area (Å²) in [6.07, 6.45) is -4.62. The molecule has 0 spiro atoms. The summed E-state index contributed by atoms with van der Waals surface area (Å²) in [7, 11) is 0. The van der Waals surface area contributed by atoms with Crippen molar-refractivity contribution in [2.45, 2.75) is 13.1 Å². The summed E-state index contributed by atoms with van der Waals surface area (Å²) in [4.78, 5) is 25.0. The Bertz CT molecular complexity index is 906. The van der Waals surface area contributed by atoms with Gasteiger partial charge in [-0.3, -0.25) is 9.59 Å². The van der Waals surface area contributed by atoms with Crippen molar-refractivity contribution in [3.63, 3.8) is 0 Å². The number of anilines is 2. The van der Waals surface area contributed by atoms with Crippen molar-refractivity contribution >= 4 is 34.8 Å². The van der Waals surface area contributed by atoms with Gasteiger partial charge in [-0.2, -0.15) is 18.4 Å². The van der Waals surface area contributed by atoms with E-state index in [4.69, 9.17) is 16.9 Å². The molecule has 140 valence electrons. The van der Waals surface area contributed by atoms with E-state index in [1.54, 1.807) is 0 Å². The second-order valence-corrected chi connectivity index (χ2v) is 5.91. The van der Waals surface area contributed by atoms with Crippen LogP contribution in [0, 0.1) is 11.3 Å². The van der Waals surface area contributed by atoms with Crippen LogP contribution in [-0.2, 0) is 15.8 Å². The average Bonchev–Trinajstić information content (AvgIpc) is 2.60. The lowest BCUT2D eigenvalue weighted by molar-refractivity contribution is -0.137. The highest BCUT2D eigenvalue weighted by atomic mass is 35.5. The zero-order valence-electron chi connectivity index (χ0n) is 14.0. The van der Waals surface area contributed by atoms with E-state index in [0.717, 1.165) is 30.0 Å². The number of carbonyl (C=O) groups is 2. The number of halogens is 4. The largest absolute Gasteiger partial charge is 0.416 e. The van der Waals surface area contributed by atoms with E-state index in [-0.39, 0.29) is 10.7 Å². The summed E-state index contributed by atoms with van der Waals surface area (Å²) in [5.41, 5.74) is -0.429. The lowest BCUT2D eigenvalue weighted by atomic mass is 10.1. The van der Waals surface area contributed by atoms with Crippen molar-refractivity contribution in [3.8, 4) is 6.07 Å². The first kappa shape index (κ1) is 20.3. The van der Waals surface area contributed by atoms with E-state index in [1.807, 2.05) is 6.07 Å². The molecule has 0 saturated heterocycles. The molecule has 0 aliphatic rings. The maximum absolute atomic E-state index is 12.9. The molecular weight excluding hydrogens is 383 g/mol. The summed E-state index contributed by atoms with van der Waals surface area (Å²) in [6, 6.07) is 10.4. The molecule has 9 heteroatoms. The van der Waals surface area contributed by atoms with Crippen LogP contribution in [0.4, 0.5) is 24.5 Å². The van der Waals surface area contributed by atoms with Gasteiger partial charge in [-0.15, -0.1) is 0 Å². The Morgan fingerprint density at radius 1 is 1.19 bits per heavy atom. The van der Waals surface area contributed by atoms with Crippen molar-refractivity contribution in [2.75, 3.05) is 16.8 Å². The maximum atomic E-state index is 12.9. The monoisotopic (exact) mass is 395 g/mol. The SMILES string of the molecule is CC(=O)N(CC(=O)Nc1ccc(C#N)cc1)c1cc(C(F)(F)F)ccc1Cl. The molecule has 2 aromatic carbocycles. The zero-order chi connectivity index (χ0) is 20.2. The van der Waals surface area contributed by atoms with Gasteiger partial charge in [0.1, 0.15) is 6.54 Å².